The van der Waals surface area contributed by atoms with Crippen LogP contribution in [0.25, 0.3) is 23.0 Å². The van der Waals surface area contributed by atoms with Gasteiger partial charge in [0, 0.05) is 29.9 Å². The molecule has 7 heteroatoms. The first-order valence-electron chi connectivity index (χ1n) is 10.6. The van der Waals surface area contributed by atoms with Crippen molar-refractivity contribution in [3.05, 3.63) is 72.4 Å². The number of amides is 2. The number of para-hydroxylation sites is 1. The third-order valence-corrected chi connectivity index (χ3v) is 5.63. The van der Waals surface area contributed by atoms with E-state index in [0.717, 1.165) is 41.1 Å². The van der Waals surface area contributed by atoms with E-state index in [0.29, 0.717) is 13.0 Å². The van der Waals surface area contributed by atoms with Crippen LogP contribution in [0.3, 0.4) is 0 Å². The van der Waals surface area contributed by atoms with E-state index >= 15 is 0 Å². The van der Waals surface area contributed by atoms with E-state index in [1.807, 2.05) is 60.8 Å². The van der Waals surface area contributed by atoms with Crippen molar-refractivity contribution in [2.75, 3.05) is 13.7 Å². The molecule has 1 fully saturated rings. The summed E-state index contributed by atoms with van der Waals surface area (Å²) in [7, 11) is 1.62. The van der Waals surface area contributed by atoms with Crippen molar-refractivity contribution < 1.29 is 14.3 Å². The van der Waals surface area contributed by atoms with Crippen molar-refractivity contribution in [1.29, 1.82) is 0 Å². The van der Waals surface area contributed by atoms with Crippen LogP contribution in [-0.4, -0.2) is 46.2 Å². The predicted molar refractivity (Wildman–Crippen MR) is 123 cm³/mol. The molecule has 2 aromatic carbocycles. The highest BCUT2D eigenvalue weighted by atomic mass is 16.5. The number of nitrogens with zero attached hydrogens (tertiary/aromatic N) is 3. The molecule has 1 aliphatic heterocycles. The Morgan fingerprint density at radius 3 is 2.69 bits per heavy atom. The van der Waals surface area contributed by atoms with Gasteiger partial charge in [-0.2, -0.15) is 5.10 Å². The topological polar surface area (TPSA) is 90.5 Å². The van der Waals surface area contributed by atoms with E-state index < -0.39 is 11.9 Å². The standard InChI is InChI=1S/C25H26N4O3/c1-32-21-11-7-8-18(16-21)24-19(17-29(27-24)20-9-3-2-4-10-20)13-14-23(30)28-15-6-5-12-22(28)25(26)31/h2-4,7-11,13-14,16-17,22H,5-6,12,15H2,1H3,(H2,26,31). The van der Waals surface area contributed by atoms with E-state index in [1.54, 1.807) is 22.8 Å². The molecule has 1 atom stereocenters. The number of aromatic nitrogens is 2. The second-order valence-electron chi connectivity index (χ2n) is 7.72. The number of piperidine rings is 1. The van der Waals surface area contributed by atoms with Gasteiger partial charge in [0.25, 0.3) is 0 Å². The number of ether oxygens (including phenoxy) is 1. The van der Waals surface area contributed by atoms with E-state index in [4.69, 9.17) is 15.6 Å². The Kier molecular flexibility index (Phi) is 6.35. The van der Waals surface area contributed by atoms with Crippen LogP contribution >= 0.6 is 0 Å². The van der Waals surface area contributed by atoms with Gasteiger partial charge < -0.3 is 15.4 Å². The van der Waals surface area contributed by atoms with Gasteiger partial charge in [-0.25, -0.2) is 4.68 Å². The molecule has 0 spiro atoms. The number of benzene rings is 2. The molecule has 1 aromatic heterocycles. The number of carbonyl (C=O) groups excluding carboxylic acids is 2. The highest BCUT2D eigenvalue weighted by molar-refractivity contribution is 5.96. The summed E-state index contributed by atoms with van der Waals surface area (Å²) >= 11 is 0. The fraction of sp³-hybridized carbons (Fsp3) is 0.240. The predicted octanol–water partition coefficient (Wildman–Crippen LogP) is 3.43. The summed E-state index contributed by atoms with van der Waals surface area (Å²) in [6.45, 7) is 0.531. The number of methoxy groups -OCH3 is 1. The maximum atomic E-state index is 12.9. The van der Waals surface area contributed by atoms with Gasteiger partial charge in [-0.3, -0.25) is 9.59 Å². The van der Waals surface area contributed by atoms with Gasteiger partial charge in [-0.15, -0.1) is 0 Å². The zero-order valence-corrected chi connectivity index (χ0v) is 18.0. The lowest BCUT2D eigenvalue weighted by Gasteiger charge is -2.32. The molecule has 0 radical (unpaired) electrons. The van der Waals surface area contributed by atoms with Crippen LogP contribution in [0.4, 0.5) is 0 Å². The number of carbonyl (C=O) groups is 2. The molecule has 1 saturated heterocycles. The Morgan fingerprint density at radius 2 is 1.94 bits per heavy atom. The molecule has 2 amide bonds. The minimum absolute atomic E-state index is 0.224. The van der Waals surface area contributed by atoms with Gasteiger partial charge in [0.1, 0.15) is 17.5 Å². The van der Waals surface area contributed by atoms with Crippen molar-refractivity contribution in [3.8, 4) is 22.7 Å². The molecule has 7 nitrogen and oxygen atoms in total. The van der Waals surface area contributed by atoms with Crippen LogP contribution in [0.1, 0.15) is 24.8 Å². The second-order valence-corrected chi connectivity index (χ2v) is 7.72. The Bertz CT molecular complexity index is 1140. The Labute approximate surface area is 187 Å². The molecule has 32 heavy (non-hydrogen) atoms. The fourth-order valence-corrected chi connectivity index (χ4v) is 3.96. The first kappa shape index (κ1) is 21.4. The SMILES string of the molecule is COc1cccc(-c2nn(-c3ccccc3)cc2C=CC(=O)N2CCCCC2C(N)=O)c1. The summed E-state index contributed by atoms with van der Waals surface area (Å²) in [5, 5.41) is 4.77. The number of likely N-dealkylation sites (tertiary alicyclic amines) is 1. The number of hydrogen-bond acceptors (Lipinski definition) is 4. The van der Waals surface area contributed by atoms with Crippen LogP contribution < -0.4 is 10.5 Å². The van der Waals surface area contributed by atoms with Crippen LogP contribution in [0.5, 0.6) is 5.75 Å². The zero-order chi connectivity index (χ0) is 22.5. The lowest BCUT2D eigenvalue weighted by atomic mass is 10.0. The summed E-state index contributed by atoms with van der Waals surface area (Å²) in [5.74, 6) is 0.0401. The molecule has 0 aliphatic carbocycles. The van der Waals surface area contributed by atoms with Gasteiger partial charge >= 0.3 is 0 Å². The molecular weight excluding hydrogens is 404 g/mol. The van der Waals surface area contributed by atoms with Gasteiger partial charge in [0.05, 0.1) is 12.8 Å². The molecule has 0 bridgehead atoms. The minimum atomic E-state index is -0.550. The van der Waals surface area contributed by atoms with E-state index in [-0.39, 0.29) is 5.91 Å². The first-order chi connectivity index (χ1) is 15.6. The average molecular weight is 431 g/mol. The maximum Gasteiger partial charge on any atom is 0.247 e. The van der Waals surface area contributed by atoms with E-state index in [9.17, 15) is 9.59 Å². The van der Waals surface area contributed by atoms with Gasteiger partial charge in [-0.1, -0.05) is 30.3 Å². The molecule has 2 heterocycles. The summed E-state index contributed by atoms with van der Waals surface area (Å²) in [6, 6.07) is 16.9. The highest BCUT2D eigenvalue weighted by Crippen LogP contribution is 2.28. The van der Waals surface area contributed by atoms with Crippen molar-refractivity contribution in [2.24, 2.45) is 5.73 Å². The average Bonchev–Trinajstić information content (AvgIpc) is 3.27. The van der Waals surface area contributed by atoms with E-state index in [1.165, 1.54) is 6.08 Å². The van der Waals surface area contributed by atoms with Crippen molar-refractivity contribution >= 4 is 17.9 Å². The molecule has 1 aliphatic rings. The summed E-state index contributed by atoms with van der Waals surface area (Å²) in [6.07, 6.45) is 7.49. The normalized spacial score (nSPS) is 16.3. The van der Waals surface area contributed by atoms with Crippen LogP contribution in [0, 0.1) is 0 Å². The highest BCUT2D eigenvalue weighted by Gasteiger charge is 2.29. The zero-order valence-electron chi connectivity index (χ0n) is 18.0. The monoisotopic (exact) mass is 430 g/mol. The number of primary amides is 1. The smallest absolute Gasteiger partial charge is 0.247 e. The first-order valence-corrected chi connectivity index (χ1v) is 10.6. The third kappa shape index (κ3) is 4.56. The van der Waals surface area contributed by atoms with Crippen molar-refractivity contribution in [1.82, 2.24) is 14.7 Å². The van der Waals surface area contributed by atoms with Crippen LogP contribution in [0.15, 0.2) is 66.9 Å². The molecule has 164 valence electrons. The summed E-state index contributed by atoms with van der Waals surface area (Å²) in [5.41, 5.74) is 8.80. The lowest BCUT2D eigenvalue weighted by Crippen LogP contribution is -2.49. The van der Waals surface area contributed by atoms with Gasteiger partial charge in [0.15, 0.2) is 0 Å². The number of hydrogen-bond donors (Lipinski definition) is 1. The van der Waals surface area contributed by atoms with Crippen LogP contribution in [-0.2, 0) is 9.59 Å². The maximum absolute atomic E-state index is 12.9. The third-order valence-electron chi connectivity index (χ3n) is 5.63. The van der Waals surface area contributed by atoms with Crippen molar-refractivity contribution in [2.45, 2.75) is 25.3 Å². The summed E-state index contributed by atoms with van der Waals surface area (Å²) in [4.78, 5) is 26.2. The quantitative estimate of drug-likeness (QED) is 0.607. The minimum Gasteiger partial charge on any atom is -0.497 e. The van der Waals surface area contributed by atoms with Crippen LogP contribution in [0.2, 0.25) is 0 Å². The van der Waals surface area contributed by atoms with Gasteiger partial charge in [-0.05, 0) is 49.6 Å². The molecule has 1 unspecified atom stereocenters. The lowest BCUT2D eigenvalue weighted by molar-refractivity contribution is -0.137. The Balaban J connectivity index is 1.69. The Morgan fingerprint density at radius 1 is 1.12 bits per heavy atom. The van der Waals surface area contributed by atoms with E-state index in [2.05, 4.69) is 0 Å². The molecule has 4 rings (SSSR count). The largest absolute Gasteiger partial charge is 0.497 e. The molecule has 0 saturated carbocycles. The molecule has 3 aromatic rings. The number of nitrogens with two attached hydrogens (primary N) is 1. The van der Waals surface area contributed by atoms with Gasteiger partial charge in [0.2, 0.25) is 11.8 Å². The molecular formula is C25H26N4O3. The fourth-order valence-electron chi connectivity index (χ4n) is 3.96. The second kappa shape index (κ2) is 9.51. The Hall–Kier alpha value is -3.87. The van der Waals surface area contributed by atoms with Crippen molar-refractivity contribution in [3.63, 3.8) is 0 Å². The molecule has 2 N–H and O–H groups in total. The number of rotatable bonds is 6. The summed E-state index contributed by atoms with van der Waals surface area (Å²) < 4.78 is 7.15.